The minimum absolute atomic E-state index is 0.265. The summed E-state index contributed by atoms with van der Waals surface area (Å²) < 4.78 is 2.32. The standard InChI is InChI=1S/C14H18N2S/c15-14-5-1-3-11-9-16(10-13(11)14)7-6-12-4-2-8-17-12/h2,4,8-10,14H,1,3,5-7,15H2. The Bertz CT molecular complexity index is 484. The number of aryl methyl sites for hydroxylation is 3. The van der Waals surface area contributed by atoms with Gasteiger partial charge in [0.2, 0.25) is 0 Å². The Labute approximate surface area is 106 Å². The van der Waals surface area contributed by atoms with E-state index in [2.05, 4.69) is 34.5 Å². The highest BCUT2D eigenvalue weighted by Gasteiger charge is 2.18. The maximum Gasteiger partial charge on any atom is 0.0312 e. The Morgan fingerprint density at radius 3 is 3.12 bits per heavy atom. The molecule has 2 aromatic heterocycles. The Balaban J connectivity index is 1.72. The first-order valence-corrected chi connectivity index (χ1v) is 7.17. The van der Waals surface area contributed by atoms with E-state index in [1.165, 1.54) is 28.8 Å². The lowest BCUT2D eigenvalue weighted by Crippen LogP contribution is -2.15. The highest BCUT2D eigenvalue weighted by Crippen LogP contribution is 2.28. The molecule has 1 aliphatic rings. The molecule has 2 aromatic rings. The first-order chi connectivity index (χ1) is 8.33. The molecule has 0 saturated carbocycles. The molecule has 90 valence electrons. The maximum atomic E-state index is 6.14. The highest BCUT2D eigenvalue weighted by atomic mass is 32.1. The smallest absolute Gasteiger partial charge is 0.0312 e. The number of nitrogens with zero attached hydrogens (tertiary/aromatic N) is 1. The SMILES string of the molecule is NC1CCCc2cn(CCc3cccs3)cc21. The molecule has 1 aliphatic carbocycles. The van der Waals surface area contributed by atoms with Crippen molar-refractivity contribution in [1.29, 1.82) is 0 Å². The Morgan fingerprint density at radius 2 is 2.35 bits per heavy atom. The monoisotopic (exact) mass is 246 g/mol. The van der Waals surface area contributed by atoms with E-state index in [1.54, 1.807) is 0 Å². The fraction of sp³-hybridized carbons (Fsp3) is 0.429. The van der Waals surface area contributed by atoms with Gasteiger partial charge in [0.15, 0.2) is 0 Å². The molecule has 0 fully saturated rings. The Morgan fingerprint density at radius 1 is 1.41 bits per heavy atom. The van der Waals surface area contributed by atoms with Crippen LogP contribution in [0.3, 0.4) is 0 Å². The largest absolute Gasteiger partial charge is 0.353 e. The van der Waals surface area contributed by atoms with Crippen LogP contribution in [-0.4, -0.2) is 4.57 Å². The van der Waals surface area contributed by atoms with Crippen molar-refractivity contribution in [3.8, 4) is 0 Å². The van der Waals surface area contributed by atoms with Crippen LogP contribution < -0.4 is 5.73 Å². The van der Waals surface area contributed by atoms with Crippen molar-refractivity contribution in [2.75, 3.05) is 0 Å². The highest BCUT2D eigenvalue weighted by molar-refractivity contribution is 7.09. The third kappa shape index (κ3) is 2.31. The van der Waals surface area contributed by atoms with E-state index in [-0.39, 0.29) is 6.04 Å². The summed E-state index contributed by atoms with van der Waals surface area (Å²) in [6.07, 6.45) is 9.26. The van der Waals surface area contributed by atoms with Crippen LogP contribution in [0.5, 0.6) is 0 Å². The topological polar surface area (TPSA) is 30.9 Å². The van der Waals surface area contributed by atoms with Crippen molar-refractivity contribution < 1.29 is 0 Å². The number of thiophene rings is 1. The summed E-state index contributed by atoms with van der Waals surface area (Å²) >= 11 is 1.84. The van der Waals surface area contributed by atoms with Crippen LogP contribution in [0, 0.1) is 0 Å². The summed E-state index contributed by atoms with van der Waals surface area (Å²) in [5.41, 5.74) is 8.98. The van der Waals surface area contributed by atoms with Gasteiger partial charge in [-0.25, -0.2) is 0 Å². The molecule has 1 atom stereocenters. The third-order valence-corrected chi connectivity index (χ3v) is 4.49. The second-order valence-electron chi connectivity index (χ2n) is 4.80. The van der Waals surface area contributed by atoms with E-state index >= 15 is 0 Å². The summed E-state index contributed by atoms with van der Waals surface area (Å²) in [4.78, 5) is 1.46. The first-order valence-electron chi connectivity index (χ1n) is 6.29. The van der Waals surface area contributed by atoms with Gasteiger partial charge in [0.1, 0.15) is 0 Å². The van der Waals surface area contributed by atoms with Gasteiger partial charge in [-0.15, -0.1) is 11.3 Å². The zero-order chi connectivity index (χ0) is 11.7. The predicted molar refractivity (Wildman–Crippen MR) is 72.3 cm³/mol. The lowest BCUT2D eigenvalue weighted by Gasteiger charge is -2.17. The van der Waals surface area contributed by atoms with Gasteiger partial charge >= 0.3 is 0 Å². The Hall–Kier alpha value is -1.06. The second-order valence-corrected chi connectivity index (χ2v) is 5.84. The van der Waals surface area contributed by atoms with Gasteiger partial charge in [0, 0.05) is 29.9 Å². The van der Waals surface area contributed by atoms with Crippen LogP contribution in [0.1, 0.15) is 34.9 Å². The molecule has 1 unspecified atom stereocenters. The maximum absolute atomic E-state index is 6.14. The molecule has 2 nitrogen and oxygen atoms in total. The molecule has 0 radical (unpaired) electrons. The molecule has 0 amide bonds. The lowest BCUT2D eigenvalue weighted by atomic mass is 9.92. The van der Waals surface area contributed by atoms with E-state index in [9.17, 15) is 0 Å². The van der Waals surface area contributed by atoms with Gasteiger partial charge in [-0.05, 0) is 48.3 Å². The van der Waals surface area contributed by atoms with Crippen LogP contribution in [0.4, 0.5) is 0 Å². The van der Waals surface area contributed by atoms with E-state index in [1.807, 2.05) is 11.3 Å². The molecule has 0 bridgehead atoms. The molecular weight excluding hydrogens is 228 g/mol. The average molecular weight is 246 g/mol. The average Bonchev–Trinajstić information content (AvgIpc) is 2.95. The number of fused-ring (bicyclic) bond motifs is 1. The molecule has 0 aliphatic heterocycles. The van der Waals surface area contributed by atoms with Gasteiger partial charge in [-0.1, -0.05) is 6.07 Å². The summed E-state index contributed by atoms with van der Waals surface area (Å²) in [5.74, 6) is 0. The van der Waals surface area contributed by atoms with Crippen molar-refractivity contribution >= 4 is 11.3 Å². The van der Waals surface area contributed by atoms with Crippen molar-refractivity contribution in [2.45, 2.75) is 38.3 Å². The fourth-order valence-corrected chi connectivity index (χ4v) is 3.31. The van der Waals surface area contributed by atoms with Gasteiger partial charge in [-0.3, -0.25) is 0 Å². The first kappa shape index (κ1) is 11.1. The number of rotatable bonds is 3. The summed E-state index contributed by atoms with van der Waals surface area (Å²) in [6, 6.07) is 4.60. The molecule has 2 heterocycles. The van der Waals surface area contributed by atoms with Crippen molar-refractivity contribution in [3.05, 3.63) is 45.9 Å². The van der Waals surface area contributed by atoms with E-state index < -0.39 is 0 Å². The zero-order valence-corrected chi connectivity index (χ0v) is 10.7. The van der Waals surface area contributed by atoms with Gasteiger partial charge in [0.05, 0.1) is 0 Å². The second kappa shape index (κ2) is 4.67. The van der Waals surface area contributed by atoms with Crippen LogP contribution >= 0.6 is 11.3 Å². The van der Waals surface area contributed by atoms with E-state index in [0.717, 1.165) is 19.4 Å². The number of aromatic nitrogens is 1. The van der Waals surface area contributed by atoms with Gasteiger partial charge in [0.25, 0.3) is 0 Å². The van der Waals surface area contributed by atoms with Crippen LogP contribution in [0.15, 0.2) is 29.9 Å². The quantitative estimate of drug-likeness (QED) is 0.886. The van der Waals surface area contributed by atoms with Gasteiger partial charge < -0.3 is 10.3 Å². The van der Waals surface area contributed by atoms with Crippen molar-refractivity contribution in [2.24, 2.45) is 5.73 Å². The minimum Gasteiger partial charge on any atom is -0.353 e. The third-order valence-electron chi connectivity index (χ3n) is 3.55. The summed E-state index contributed by atoms with van der Waals surface area (Å²) in [5, 5.41) is 2.14. The summed E-state index contributed by atoms with van der Waals surface area (Å²) in [6.45, 7) is 1.07. The predicted octanol–water partition coefficient (Wildman–Crippen LogP) is 3.13. The molecule has 17 heavy (non-hydrogen) atoms. The van der Waals surface area contributed by atoms with E-state index in [0.29, 0.717) is 0 Å². The van der Waals surface area contributed by atoms with Crippen LogP contribution in [0.2, 0.25) is 0 Å². The van der Waals surface area contributed by atoms with Crippen molar-refractivity contribution in [1.82, 2.24) is 4.57 Å². The lowest BCUT2D eigenvalue weighted by molar-refractivity contribution is 0.573. The normalized spacial score (nSPS) is 19.2. The molecule has 0 aromatic carbocycles. The molecule has 0 saturated heterocycles. The fourth-order valence-electron chi connectivity index (χ4n) is 2.61. The van der Waals surface area contributed by atoms with Gasteiger partial charge in [-0.2, -0.15) is 0 Å². The Kier molecular flexibility index (Phi) is 3.04. The van der Waals surface area contributed by atoms with E-state index in [4.69, 9.17) is 5.73 Å². The molecular formula is C14H18N2S. The number of hydrogen-bond donors (Lipinski definition) is 1. The molecule has 2 N–H and O–H groups in total. The van der Waals surface area contributed by atoms with Crippen LogP contribution in [0.25, 0.3) is 0 Å². The number of nitrogens with two attached hydrogens (primary N) is 1. The molecule has 0 spiro atoms. The minimum atomic E-state index is 0.265. The summed E-state index contributed by atoms with van der Waals surface area (Å²) in [7, 11) is 0. The van der Waals surface area contributed by atoms with Crippen LogP contribution in [-0.2, 0) is 19.4 Å². The molecule has 3 heteroatoms. The van der Waals surface area contributed by atoms with Crippen molar-refractivity contribution in [3.63, 3.8) is 0 Å². The molecule has 3 rings (SSSR count). The number of hydrogen-bond acceptors (Lipinski definition) is 2. The zero-order valence-electron chi connectivity index (χ0n) is 9.93.